The molecule has 0 amide bonds. The van der Waals surface area contributed by atoms with E-state index in [2.05, 4.69) is 48.8 Å². The summed E-state index contributed by atoms with van der Waals surface area (Å²) in [6, 6.07) is 16.0. The van der Waals surface area contributed by atoms with Gasteiger partial charge in [-0.05, 0) is 62.0 Å². The highest BCUT2D eigenvalue weighted by atomic mass is 28.4. The Kier molecular flexibility index (Phi) is 10.6. The quantitative estimate of drug-likeness (QED) is 0.315. The lowest BCUT2D eigenvalue weighted by atomic mass is 9.98. The lowest BCUT2D eigenvalue weighted by molar-refractivity contribution is -0.148. The summed E-state index contributed by atoms with van der Waals surface area (Å²) in [6.07, 6.45) is 0.114. The number of methoxy groups -OCH3 is 2. The number of benzene rings is 2. The molecule has 1 atom stereocenters. The van der Waals surface area contributed by atoms with Gasteiger partial charge >= 0.3 is 5.97 Å². The van der Waals surface area contributed by atoms with Gasteiger partial charge in [-0.2, -0.15) is 0 Å². The van der Waals surface area contributed by atoms with Crippen molar-refractivity contribution in [2.24, 2.45) is 5.73 Å². The van der Waals surface area contributed by atoms with Crippen LogP contribution in [0.15, 0.2) is 48.5 Å². The van der Waals surface area contributed by atoms with Gasteiger partial charge < -0.3 is 24.4 Å². The minimum Gasteiger partial charge on any atom is -0.497 e. The fourth-order valence-corrected chi connectivity index (χ4v) is 5.50. The maximum absolute atomic E-state index is 12.6. The van der Waals surface area contributed by atoms with Crippen molar-refractivity contribution in [3.8, 4) is 11.5 Å². The molecule has 2 aromatic rings. The topological polar surface area (TPSA) is 83.3 Å². The van der Waals surface area contributed by atoms with Crippen molar-refractivity contribution in [1.29, 1.82) is 0 Å². The second-order valence-corrected chi connectivity index (χ2v) is 13.9. The van der Waals surface area contributed by atoms with Crippen LogP contribution in [0.3, 0.4) is 0 Å². The third-order valence-electron chi connectivity index (χ3n) is 5.31. The highest BCUT2D eigenvalue weighted by molar-refractivity contribution is 6.69. The highest BCUT2D eigenvalue weighted by Crippen LogP contribution is 2.26. The molecule has 2 N–H and O–H groups in total. The van der Waals surface area contributed by atoms with Gasteiger partial charge in [-0.3, -0.25) is 9.69 Å². The summed E-state index contributed by atoms with van der Waals surface area (Å²) < 4.78 is 22.5. The molecule has 1 unspecified atom stereocenters. The molecule has 0 heterocycles. The Morgan fingerprint density at radius 1 is 0.912 bits per heavy atom. The first-order chi connectivity index (χ1) is 16.1. The molecule has 188 valence electrons. The zero-order chi connectivity index (χ0) is 25.2. The standard InChI is InChI=1S/C26H40N2O5Si/c1-7-32-25(29)16-26(19-27,33-34(4,5)6)20-28(17-21-8-12-23(30-2)13-9-21)18-22-10-14-24(31-3)15-11-22/h8-15H,7,16-20,27H2,1-6H3. The summed E-state index contributed by atoms with van der Waals surface area (Å²) in [5.74, 6) is 1.33. The van der Waals surface area contributed by atoms with Gasteiger partial charge in [-0.15, -0.1) is 0 Å². The van der Waals surface area contributed by atoms with Crippen molar-refractivity contribution < 1.29 is 23.4 Å². The monoisotopic (exact) mass is 488 g/mol. The minimum absolute atomic E-state index is 0.114. The molecule has 0 saturated heterocycles. The zero-order valence-electron chi connectivity index (χ0n) is 21.4. The average Bonchev–Trinajstić information content (AvgIpc) is 2.79. The van der Waals surface area contributed by atoms with Crippen LogP contribution in [0.5, 0.6) is 11.5 Å². The molecule has 8 heteroatoms. The van der Waals surface area contributed by atoms with E-state index in [9.17, 15) is 4.79 Å². The SMILES string of the molecule is CCOC(=O)CC(CN)(CN(Cc1ccc(OC)cc1)Cc1ccc(OC)cc1)O[Si](C)(C)C. The second-order valence-electron chi connectivity index (χ2n) is 9.42. The molecular weight excluding hydrogens is 448 g/mol. The van der Waals surface area contributed by atoms with Gasteiger partial charge in [0.2, 0.25) is 0 Å². The van der Waals surface area contributed by atoms with Crippen LogP contribution in [0.4, 0.5) is 0 Å². The third kappa shape index (κ3) is 9.10. The molecule has 0 fully saturated rings. The molecule has 0 aliphatic heterocycles. The number of rotatable bonds is 14. The molecule has 2 rings (SSSR count). The molecule has 34 heavy (non-hydrogen) atoms. The molecule has 0 aliphatic carbocycles. The third-order valence-corrected chi connectivity index (χ3v) is 6.35. The van der Waals surface area contributed by atoms with E-state index in [-0.39, 0.29) is 18.9 Å². The van der Waals surface area contributed by atoms with Crippen molar-refractivity contribution in [2.45, 2.75) is 51.7 Å². The Labute approximate surface area is 205 Å². The Bertz CT molecular complexity index is 834. The van der Waals surface area contributed by atoms with E-state index >= 15 is 0 Å². The van der Waals surface area contributed by atoms with Crippen LogP contribution in [-0.4, -0.2) is 58.7 Å². The molecule has 0 bridgehead atoms. The first-order valence-corrected chi connectivity index (χ1v) is 15.1. The van der Waals surface area contributed by atoms with Crippen molar-refractivity contribution in [2.75, 3.05) is 33.9 Å². The molecule has 0 saturated carbocycles. The molecule has 7 nitrogen and oxygen atoms in total. The lowest BCUT2D eigenvalue weighted by Gasteiger charge is -2.41. The first kappa shape index (κ1) is 27.8. The van der Waals surface area contributed by atoms with E-state index in [4.69, 9.17) is 24.4 Å². The van der Waals surface area contributed by atoms with Crippen LogP contribution >= 0.6 is 0 Å². The number of nitrogens with two attached hydrogens (primary N) is 1. The smallest absolute Gasteiger partial charge is 0.308 e. The van der Waals surface area contributed by atoms with E-state index in [0.29, 0.717) is 26.2 Å². The van der Waals surface area contributed by atoms with E-state index in [1.807, 2.05) is 24.3 Å². The Hall–Kier alpha value is -2.39. The van der Waals surface area contributed by atoms with E-state index in [1.54, 1.807) is 21.1 Å². The summed E-state index contributed by atoms with van der Waals surface area (Å²) in [5.41, 5.74) is 7.72. The van der Waals surface area contributed by atoms with E-state index in [0.717, 1.165) is 22.6 Å². The Morgan fingerprint density at radius 3 is 1.74 bits per heavy atom. The van der Waals surface area contributed by atoms with Gasteiger partial charge in [0.15, 0.2) is 8.32 Å². The number of ether oxygens (including phenoxy) is 3. The molecule has 0 aromatic heterocycles. The second kappa shape index (κ2) is 12.9. The zero-order valence-corrected chi connectivity index (χ0v) is 22.4. The van der Waals surface area contributed by atoms with E-state index in [1.165, 1.54) is 0 Å². The maximum atomic E-state index is 12.6. The summed E-state index contributed by atoms with van der Waals surface area (Å²) in [4.78, 5) is 14.8. The van der Waals surface area contributed by atoms with Crippen LogP contribution in [0.25, 0.3) is 0 Å². The predicted octanol–water partition coefficient (Wildman–Crippen LogP) is 4.21. The summed E-state index contributed by atoms with van der Waals surface area (Å²) in [6.45, 7) is 10.5. The number of nitrogens with zero attached hydrogens (tertiary/aromatic N) is 1. The molecule has 0 aliphatic rings. The van der Waals surface area contributed by atoms with Crippen LogP contribution in [0.1, 0.15) is 24.5 Å². The van der Waals surface area contributed by atoms with E-state index < -0.39 is 13.9 Å². The van der Waals surface area contributed by atoms with Crippen molar-refractivity contribution >= 4 is 14.3 Å². The Morgan fingerprint density at radius 2 is 1.38 bits per heavy atom. The number of esters is 1. The molecule has 0 radical (unpaired) electrons. The van der Waals surface area contributed by atoms with Crippen LogP contribution in [-0.2, 0) is 27.0 Å². The number of hydrogen-bond acceptors (Lipinski definition) is 7. The van der Waals surface area contributed by atoms with Gasteiger partial charge in [0.25, 0.3) is 0 Å². The normalized spacial score (nSPS) is 13.4. The van der Waals surface area contributed by atoms with Gasteiger partial charge in [-0.1, -0.05) is 24.3 Å². The van der Waals surface area contributed by atoms with Crippen LogP contribution < -0.4 is 15.2 Å². The fourth-order valence-electron chi connectivity index (χ4n) is 3.98. The lowest BCUT2D eigenvalue weighted by Crippen LogP contribution is -2.55. The predicted molar refractivity (Wildman–Crippen MR) is 138 cm³/mol. The minimum atomic E-state index is -2.03. The fraction of sp³-hybridized carbons (Fsp3) is 0.500. The van der Waals surface area contributed by atoms with Crippen molar-refractivity contribution in [1.82, 2.24) is 4.90 Å². The first-order valence-electron chi connectivity index (χ1n) is 11.7. The van der Waals surface area contributed by atoms with Crippen LogP contribution in [0.2, 0.25) is 19.6 Å². The maximum Gasteiger partial charge on any atom is 0.308 e. The largest absolute Gasteiger partial charge is 0.497 e. The molecule has 0 spiro atoms. The van der Waals surface area contributed by atoms with Crippen LogP contribution in [0, 0.1) is 0 Å². The summed E-state index contributed by atoms with van der Waals surface area (Å²) >= 11 is 0. The van der Waals surface area contributed by atoms with Gasteiger partial charge in [0.1, 0.15) is 11.5 Å². The van der Waals surface area contributed by atoms with Gasteiger partial charge in [0, 0.05) is 26.2 Å². The summed E-state index contributed by atoms with van der Waals surface area (Å²) in [5, 5.41) is 0. The number of carbonyl (C=O) groups excluding carboxylic acids is 1. The summed E-state index contributed by atoms with van der Waals surface area (Å²) in [7, 11) is 1.29. The molecule has 2 aromatic carbocycles. The average molecular weight is 489 g/mol. The van der Waals surface area contributed by atoms with Gasteiger partial charge in [0.05, 0.1) is 32.8 Å². The van der Waals surface area contributed by atoms with Gasteiger partial charge in [-0.25, -0.2) is 0 Å². The van der Waals surface area contributed by atoms with Crippen molar-refractivity contribution in [3.05, 3.63) is 59.7 Å². The Balaban J connectivity index is 2.36. The highest BCUT2D eigenvalue weighted by Gasteiger charge is 2.39. The molecular formula is C26H40N2O5Si. The number of carbonyl (C=O) groups is 1. The van der Waals surface area contributed by atoms with Crippen molar-refractivity contribution in [3.63, 3.8) is 0 Å². The number of hydrogen-bond donors (Lipinski definition) is 1.